The number of carboxylic acid groups (broad SMARTS) is 1. The van der Waals surface area contributed by atoms with Crippen molar-refractivity contribution in [2.75, 3.05) is 19.5 Å². The van der Waals surface area contributed by atoms with E-state index in [-0.39, 0.29) is 11.5 Å². The van der Waals surface area contributed by atoms with Gasteiger partial charge in [-0.2, -0.15) is 0 Å². The predicted octanol–water partition coefficient (Wildman–Crippen LogP) is 2.65. The Balaban J connectivity index is 2.24. The number of benzene rings is 2. The number of amides is 1. The predicted molar refractivity (Wildman–Crippen MR) is 80.9 cm³/mol. The molecule has 0 radical (unpaired) electrons. The summed E-state index contributed by atoms with van der Waals surface area (Å²) in [5, 5.41) is 11.5. The first-order valence-corrected chi connectivity index (χ1v) is 6.42. The monoisotopic (exact) mass is 301 g/mol. The van der Waals surface area contributed by atoms with Crippen molar-refractivity contribution in [3.63, 3.8) is 0 Å². The Bertz CT molecular complexity index is 694. The molecule has 6 nitrogen and oxygen atoms in total. The Kier molecular flexibility index (Phi) is 4.63. The van der Waals surface area contributed by atoms with Crippen molar-refractivity contribution in [1.82, 2.24) is 0 Å². The summed E-state index contributed by atoms with van der Waals surface area (Å²) in [6, 6.07) is 10.9. The molecule has 0 aliphatic heterocycles. The number of carbonyl (C=O) groups excluding carboxylic acids is 1. The summed E-state index contributed by atoms with van der Waals surface area (Å²) >= 11 is 0. The summed E-state index contributed by atoms with van der Waals surface area (Å²) in [6.45, 7) is 0. The van der Waals surface area contributed by atoms with Crippen LogP contribution in [0.2, 0.25) is 0 Å². The number of nitrogens with one attached hydrogen (secondary N) is 1. The fraction of sp³-hybridized carbons (Fsp3) is 0.125. The molecule has 1 amide bonds. The summed E-state index contributed by atoms with van der Waals surface area (Å²) in [5.41, 5.74) is 0.959. The number of ether oxygens (including phenoxy) is 2. The molecule has 0 unspecified atom stereocenters. The van der Waals surface area contributed by atoms with Gasteiger partial charge in [0.05, 0.1) is 25.3 Å². The van der Waals surface area contributed by atoms with Crippen molar-refractivity contribution in [2.24, 2.45) is 0 Å². The van der Waals surface area contributed by atoms with Crippen molar-refractivity contribution < 1.29 is 24.2 Å². The van der Waals surface area contributed by atoms with Crippen LogP contribution in [0.5, 0.6) is 11.5 Å². The normalized spacial score (nSPS) is 9.91. The number of hydrogen-bond acceptors (Lipinski definition) is 4. The molecule has 0 saturated heterocycles. The fourth-order valence-corrected chi connectivity index (χ4v) is 1.96. The van der Waals surface area contributed by atoms with Crippen molar-refractivity contribution >= 4 is 17.6 Å². The summed E-state index contributed by atoms with van der Waals surface area (Å²) in [6.07, 6.45) is 0. The Labute approximate surface area is 127 Å². The highest BCUT2D eigenvalue weighted by molar-refractivity contribution is 6.06. The van der Waals surface area contributed by atoms with E-state index in [0.717, 1.165) is 0 Å². The van der Waals surface area contributed by atoms with E-state index in [1.54, 1.807) is 18.2 Å². The molecule has 0 spiro atoms. The van der Waals surface area contributed by atoms with E-state index in [0.29, 0.717) is 22.7 Å². The zero-order valence-electron chi connectivity index (χ0n) is 12.1. The lowest BCUT2D eigenvalue weighted by Crippen LogP contribution is -2.13. The first kappa shape index (κ1) is 15.4. The summed E-state index contributed by atoms with van der Waals surface area (Å²) in [5.74, 6) is -0.604. The molecule has 2 N–H and O–H groups in total. The lowest BCUT2D eigenvalue weighted by molar-refractivity contribution is 0.0696. The maximum absolute atomic E-state index is 12.3. The first-order valence-electron chi connectivity index (χ1n) is 6.42. The van der Waals surface area contributed by atoms with Crippen LogP contribution in [0.25, 0.3) is 0 Å². The molecule has 0 bridgehead atoms. The third kappa shape index (κ3) is 3.17. The highest BCUT2D eigenvalue weighted by atomic mass is 16.5. The standard InChI is InChI=1S/C16H15NO5/c1-21-13-5-3-4-12(14(13)22-2)15(18)17-11-8-6-10(7-9-11)16(19)20/h3-9H,1-2H3,(H,17,18)(H,19,20). The van der Waals surface area contributed by atoms with Gasteiger partial charge in [-0.1, -0.05) is 6.07 Å². The van der Waals surface area contributed by atoms with Gasteiger partial charge in [-0.25, -0.2) is 4.79 Å². The van der Waals surface area contributed by atoms with E-state index in [4.69, 9.17) is 14.6 Å². The third-order valence-electron chi connectivity index (χ3n) is 3.04. The molecule has 0 fully saturated rings. The zero-order valence-corrected chi connectivity index (χ0v) is 12.1. The summed E-state index contributed by atoms with van der Waals surface area (Å²) in [4.78, 5) is 23.1. The SMILES string of the molecule is COc1cccc(C(=O)Nc2ccc(C(=O)O)cc2)c1OC. The van der Waals surface area contributed by atoms with E-state index in [2.05, 4.69) is 5.32 Å². The number of hydrogen-bond donors (Lipinski definition) is 2. The van der Waals surface area contributed by atoms with E-state index < -0.39 is 5.97 Å². The van der Waals surface area contributed by atoms with Crippen molar-refractivity contribution in [2.45, 2.75) is 0 Å². The average Bonchev–Trinajstić information content (AvgIpc) is 2.54. The number of rotatable bonds is 5. The second-order valence-electron chi connectivity index (χ2n) is 4.38. The zero-order chi connectivity index (χ0) is 16.1. The molecule has 2 aromatic carbocycles. The highest BCUT2D eigenvalue weighted by Gasteiger charge is 2.16. The van der Waals surface area contributed by atoms with Crippen LogP contribution in [0.1, 0.15) is 20.7 Å². The summed E-state index contributed by atoms with van der Waals surface area (Å²) < 4.78 is 10.4. The molecule has 0 aromatic heterocycles. The number of carboxylic acids is 1. The van der Waals surface area contributed by atoms with E-state index in [1.807, 2.05) is 0 Å². The minimum absolute atomic E-state index is 0.150. The van der Waals surface area contributed by atoms with Crippen LogP contribution in [-0.4, -0.2) is 31.2 Å². The van der Waals surface area contributed by atoms with Crippen molar-refractivity contribution in [3.8, 4) is 11.5 Å². The molecule has 2 aromatic rings. The molecule has 22 heavy (non-hydrogen) atoms. The van der Waals surface area contributed by atoms with Gasteiger partial charge in [0.25, 0.3) is 5.91 Å². The second-order valence-corrected chi connectivity index (χ2v) is 4.38. The Hall–Kier alpha value is -3.02. The van der Waals surface area contributed by atoms with E-state index in [1.165, 1.54) is 38.5 Å². The Morgan fingerprint density at radius 1 is 1.00 bits per heavy atom. The smallest absolute Gasteiger partial charge is 0.335 e. The minimum atomic E-state index is -1.02. The number of anilines is 1. The van der Waals surface area contributed by atoms with Crippen molar-refractivity contribution in [3.05, 3.63) is 53.6 Å². The third-order valence-corrected chi connectivity index (χ3v) is 3.04. The molecule has 0 heterocycles. The molecule has 0 aliphatic carbocycles. The van der Waals surface area contributed by atoms with Crippen LogP contribution in [0.15, 0.2) is 42.5 Å². The van der Waals surface area contributed by atoms with E-state index >= 15 is 0 Å². The van der Waals surface area contributed by atoms with Gasteiger partial charge in [0.1, 0.15) is 0 Å². The van der Waals surface area contributed by atoms with Gasteiger partial charge in [-0.05, 0) is 36.4 Å². The fourth-order valence-electron chi connectivity index (χ4n) is 1.96. The van der Waals surface area contributed by atoms with Gasteiger partial charge in [-0.3, -0.25) is 4.79 Å². The number of methoxy groups -OCH3 is 2. The molecular weight excluding hydrogens is 286 g/mol. The number of aromatic carboxylic acids is 1. The second kappa shape index (κ2) is 6.62. The molecule has 114 valence electrons. The Morgan fingerprint density at radius 3 is 2.23 bits per heavy atom. The van der Waals surface area contributed by atoms with Gasteiger partial charge in [0.2, 0.25) is 0 Å². The molecule has 0 atom stereocenters. The molecule has 6 heteroatoms. The molecule has 2 rings (SSSR count). The molecule has 0 aliphatic rings. The topological polar surface area (TPSA) is 84.9 Å². The lowest BCUT2D eigenvalue weighted by atomic mass is 10.1. The van der Waals surface area contributed by atoms with Gasteiger partial charge >= 0.3 is 5.97 Å². The lowest BCUT2D eigenvalue weighted by Gasteiger charge is -2.12. The highest BCUT2D eigenvalue weighted by Crippen LogP contribution is 2.31. The van der Waals surface area contributed by atoms with Gasteiger partial charge in [0, 0.05) is 5.69 Å². The van der Waals surface area contributed by atoms with Crippen molar-refractivity contribution in [1.29, 1.82) is 0 Å². The van der Waals surface area contributed by atoms with E-state index in [9.17, 15) is 9.59 Å². The van der Waals surface area contributed by atoms with Gasteiger partial charge in [0.15, 0.2) is 11.5 Å². The quantitative estimate of drug-likeness (QED) is 0.887. The summed E-state index contributed by atoms with van der Waals surface area (Å²) in [7, 11) is 2.94. The van der Waals surface area contributed by atoms with Crippen LogP contribution in [0.3, 0.4) is 0 Å². The van der Waals surface area contributed by atoms with Crippen LogP contribution in [0, 0.1) is 0 Å². The molecular formula is C16H15NO5. The number of para-hydroxylation sites is 1. The van der Waals surface area contributed by atoms with Gasteiger partial charge in [-0.15, -0.1) is 0 Å². The maximum Gasteiger partial charge on any atom is 0.335 e. The number of carbonyl (C=O) groups is 2. The minimum Gasteiger partial charge on any atom is -0.493 e. The maximum atomic E-state index is 12.3. The van der Waals surface area contributed by atoms with Crippen LogP contribution >= 0.6 is 0 Å². The van der Waals surface area contributed by atoms with Gasteiger partial charge < -0.3 is 19.9 Å². The van der Waals surface area contributed by atoms with Crippen LogP contribution in [-0.2, 0) is 0 Å². The van der Waals surface area contributed by atoms with Crippen LogP contribution in [0.4, 0.5) is 5.69 Å². The first-order chi connectivity index (χ1) is 10.6. The largest absolute Gasteiger partial charge is 0.493 e. The average molecular weight is 301 g/mol. The molecule has 0 saturated carbocycles. The Morgan fingerprint density at radius 2 is 1.68 bits per heavy atom. The van der Waals surface area contributed by atoms with Crippen LogP contribution < -0.4 is 14.8 Å².